The van der Waals surface area contributed by atoms with E-state index in [0.717, 1.165) is 17.5 Å². The van der Waals surface area contributed by atoms with Gasteiger partial charge in [0.2, 0.25) is 4.77 Å². The highest BCUT2D eigenvalue weighted by Gasteiger charge is 2.07. The lowest BCUT2D eigenvalue weighted by molar-refractivity contribution is 0.871. The molecule has 0 aliphatic carbocycles. The number of nitrogens with one attached hydrogen (secondary N) is 1. The molecule has 0 fully saturated rings. The molecule has 1 N–H and O–H groups in total. The number of hydrogen-bond donors (Lipinski definition) is 1. The molecular formula is C18H18N4S. The summed E-state index contributed by atoms with van der Waals surface area (Å²) in [6.07, 6.45) is 2.82. The van der Waals surface area contributed by atoms with Crippen molar-refractivity contribution in [2.45, 2.75) is 20.3 Å². The van der Waals surface area contributed by atoms with Crippen LogP contribution in [0, 0.1) is 11.7 Å². The van der Waals surface area contributed by atoms with Gasteiger partial charge >= 0.3 is 0 Å². The van der Waals surface area contributed by atoms with Crippen LogP contribution in [0.25, 0.3) is 11.4 Å². The van der Waals surface area contributed by atoms with Crippen molar-refractivity contribution in [3.8, 4) is 11.4 Å². The fourth-order valence-electron chi connectivity index (χ4n) is 2.25. The third-order valence-electron chi connectivity index (χ3n) is 3.67. The smallest absolute Gasteiger partial charge is 0.216 e. The Bertz CT molecular complexity index is 871. The van der Waals surface area contributed by atoms with E-state index in [2.05, 4.69) is 53.4 Å². The molecule has 4 nitrogen and oxygen atoms in total. The molecule has 23 heavy (non-hydrogen) atoms. The summed E-state index contributed by atoms with van der Waals surface area (Å²) in [5.74, 6) is 0.705. The van der Waals surface area contributed by atoms with Crippen molar-refractivity contribution >= 4 is 18.4 Å². The summed E-state index contributed by atoms with van der Waals surface area (Å²) < 4.78 is 2.12. The second-order valence-electron chi connectivity index (χ2n) is 5.37. The van der Waals surface area contributed by atoms with Crippen LogP contribution in [0.1, 0.15) is 23.6 Å². The third kappa shape index (κ3) is 3.46. The van der Waals surface area contributed by atoms with E-state index in [1.165, 1.54) is 11.1 Å². The average Bonchev–Trinajstić information content (AvgIpc) is 2.95. The topological polar surface area (TPSA) is 46.0 Å². The zero-order chi connectivity index (χ0) is 16.2. The van der Waals surface area contributed by atoms with Crippen molar-refractivity contribution in [3.05, 3.63) is 70.0 Å². The van der Waals surface area contributed by atoms with Crippen LogP contribution in [0.5, 0.6) is 0 Å². The number of benzene rings is 2. The molecule has 0 aliphatic heterocycles. The quantitative estimate of drug-likeness (QED) is 0.573. The highest BCUT2D eigenvalue weighted by Crippen LogP contribution is 2.17. The predicted octanol–water partition coefficient (Wildman–Crippen LogP) is 4.36. The minimum atomic E-state index is 0.474. The van der Waals surface area contributed by atoms with E-state index in [1.807, 2.05) is 24.3 Å². The fourth-order valence-corrected chi connectivity index (χ4v) is 2.43. The monoisotopic (exact) mass is 322 g/mol. The van der Waals surface area contributed by atoms with E-state index < -0.39 is 0 Å². The Hall–Kier alpha value is -2.53. The molecule has 0 amide bonds. The van der Waals surface area contributed by atoms with E-state index in [9.17, 15) is 0 Å². The summed E-state index contributed by atoms with van der Waals surface area (Å²) in [5.41, 5.74) is 4.51. The van der Waals surface area contributed by atoms with Crippen LogP contribution in [0.2, 0.25) is 0 Å². The molecule has 0 bridgehead atoms. The van der Waals surface area contributed by atoms with Gasteiger partial charge in [0.05, 0.1) is 6.21 Å². The van der Waals surface area contributed by atoms with Crippen LogP contribution in [0.3, 0.4) is 0 Å². The van der Waals surface area contributed by atoms with Gasteiger partial charge in [-0.2, -0.15) is 14.9 Å². The first-order valence-electron chi connectivity index (χ1n) is 7.55. The largest absolute Gasteiger partial charge is 0.250 e. The highest BCUT2D eigenvalue weighted by atomic mass is 32.1. The number of hydrogen-bond acceptors (Lipinski definition) is 3. The Morgan fingerprint density at radius 3 is 2.48 bits per heavy atom. The molecule has 2 aromatic carbocycles. The standard InChI is InChI=1S/C18H18N4S/c1-3-14-6-8-15(9-7-14)12-19-22-17(20-21-18(22)23)16-10-4-13(2)5-11-16/h4-12H,3H2,1-2H3,(H,21,23)/b19-12+. The molecule has 116 valence electrons. The lowest BCUT2D eigenvalue weighted by Crippen LogP contribution is -1.95. The van der Waals surface area contributed by atoms with Crippen molar-refractivity contribution in [2.24, 2.45) is 5.10 Å². The Kier molecular flexibility index (Phi) is 4.48. The van der Waals surface area contributed by atoms with Gasteiger partial charge in [0.15, 0.2) is 5.82 Å². The normalized spacial score (nSPS) is 11.2. The Morgan fingerprint density at radius 2 is 1.83 bits per heavy atom. The van der Waals surface area contributed by atoms with Gasteiger partial charge in [-0.1, -0.05) is 61.0 Å². The van der Waals surface area contributed by atoms with Gasteiger partial charge in [-0.15, -0.1) is 0 Å². The van der Waals surface area contributed by atoms with Gasteiger partial charge in [0.1, 0.15) is 0 Å². The number of rotatable bonds is 4. The second kappa shape index (κ2) is 6.71. The first kappa shape index (κ1) is 15.4. The molecule has 0 atom stereocenters. The van der Waals surface area contributed by atoms with Crippen molar-refractivity contribution in [1.29, 1.82) is 0 Å². The molecule has 5 heteroatoms. The lowest BCUT2D eigenvalue weighted by atomic mass is 10.1. The molecule has 0 saturated heterocycles. The third-order valence-corrected chi connectivity index (χ3v) is 3.93. The molecule has 0 saturated carbocycles. The lowest BCUT2D eigenvalue weighted by Gasteiger charge is -2.02. The summed E-state index contributed by atoms with van der Waals surface area (Å²) in [4.78, 5) is 0. The Balaban J connectivity index is 1.93. The number of aryl methyl sites for hydroxylation is 2. The number of aromatic nitrogens is 3. The number of H-pyrrole nitrogens is 1. The van der Waals surface area contributed by atoms with Gasteiger partial charge in [-0.3, -0.25) is 0 Å². The van der Waals surface area contributed by atoms with Crippen molar-refractivity contribution in [1.82, 2.24) is 14.9 Å². The second-order valence-corrected chi connectivity index (χ2v) is 5.76. The van der Waals surface area contributed by atoms with Crippen molar-refractivity contribution in [3.63, 3.8) is 0 Å². The minimum absolute atomic E-state index is 0.474. The summed E-state index contributed by atoms with van der Waals surface area (Å²) in [7, 11) is 0. The van der Waals surface area contributed by atoms with Gasteiger partial charge in [0, 0.05) is 5.56 Å². The minimum Gasteiger partial charge on any atom is -0.250 e. The first-order valence-corrected chi connectivity index (χ1v) is 7.96. The Morgan fingerprint density at radius 1 is 1.13 bits per heavy atom. The summed E-state index contributed by atoms with van der Waals surface area (Å²) in [6, 6.07) is 16.4. The molecule has 0 spiro atoms. The van der Waals surface area contributed by atoms with Crippen LogP contribution in [0.15, 0.2) is 53.6 Å². The number of aromatic amines is 1. The average molecular weight is 322 g/mol. The van der Waals surface area contributed by atoms with Gasteiger partial charge in [-0.25, -0.2) is 5.10 Å². The van der Waals surface area contributed by atoms with Crippen LogP contribution < -0.4 is 0 Å². The highest BCUT2D eigenvalue weighted by molar-refractivity contribution is 7.71. The van der Waals surface area contributed by atoms with Gasteiger partial charge in [-0.05, 0) is 36.7 Å². The molecular weight excluding hydrogens is 304 g/mol. The summed E-state index contributed by atoms with van der Waals surface area (Å²) >= 11 is 5.28. The molecule has 1 aromatic heterocycles. The predicted molar refractivity (Wildman–Crippen MR) is 96.4 cm³/mol. The van der Waals surface area contributed by atoms with E-state index in [4.69, 9.17) is 12.2 Å². The molecule has 0 aliphatic rings. The van der Waals surface area contributed by atoms with Crippen molar-refractivity contribution in [2.75, 3.05) is 0 Å². The molecule has 1 heterocycles. The van der Waals surface area contributed by atoms with Crippen LogP contribution in [-0.4, -0.2) is 21.1 Å². The zero-order valence-corrected chi connectivity index (χ0v) is 14.0. The molecule has 3 rings (SSSR count). The summed E-state index contributed by atoms with van der Waals surface area (Å²) in [6.45, 7) is 4.20. The SMILES string of the molecule is CCc1ccc(/C=N/n2c(-c3ccc(C)cc3)n[nH]c2=S)cc1. The van der Waals surface area contributed by atoms with Crippen molar-refractivity contribution < 1.29 is 0 Å². The Labute approximate surface area is 140 Å². The maximum absolute atomic E-state index is 5.28. The summed E-state index contributed by atoms with van der Waals surface area (Å²) in [5, 5.41) is 11.6. The van der Waals surface area contributed by atoms with E-state index >= 15 is 0 Å². The maximum Gasteiger partial charge on any atom is 0.216 e. The number of nitrogens with zero attached hydrogens (tertiary/aromatic N) is 3. The van der Waals surface area contributed by atoms with Crippen LogP contribution in [0.4, 0.5) is 0 Å². The van der Waals surface area contributed by atoms with Crippen LogP contribution in [-0.2, 0) is 6.42 Å². The molecule has 0 radical (unpaired) electrons. The molecule has 3 aromatic rings. The first-order chi connectivity index (χ1) is 11.2. The fraction of sp³-hybridized carbons (Fsp3) is 0.167. The van der Waals surface area contributed by atoms with Gasteiger partial charge in [0.25, 0.3) is 0 Å². The maximum atomic E-state index is 5.28. The van der Waals surface area contributed by atoms with E-state index in [0.29, 0.717) is 10.6 Å². The van der Waals surface area contributed by atoms with Gasteiger partial charge < -0.3 is 0 Å². The van der Waals surface area contributed by atoms with Crippen LogP contribution >= 0.6 is 12.2 Å². The van der Waals surface area contributed by atoms with E-state index in [-0.39, 0.29) is 0 Å². The van der Waals surface area contributed by atoms with E-state index in [1.54, 1.807) is 10.9 Å². The zero-order valence-electron chi connectivity index (χ0n) is 13.2. The molecule has 0 unspecified atom stereocenters.